The Bertz CT molecular complexity index is 317. The zero-order chi connectivity index (χ0) is 11.3. The molecule has 0 aromatic rings. The lowest BCUT2D eigenvalue weighted by Crippen LogP contribution is -2.18. The molecule has 0 fully saturated rings. The number of halogens is 1. The number of methoxy groups -OCH3 is 1. The van der Waals surface area contributed by atoms with Crippen molar-refractivity contribution < 1.29 is 14.6 Å². The fraction of sp³-hybridized carbons (Fsp3) is 0.250. The first-order chi connectivity index (χ1) is 6.40. The van der Waals surface area contributed by atoms with Gasteiger partial charge in [0.15, 0.2) is 5.71 Å². The van der Waals surface area contributed by atoms with Crippen LogP contribution < -0.4 is 5.73 Å². The molecule has 0 rings (SSSR count). The van der Waals surface area contributed by atoms with E-state index in [-0.39, 0.29) is 16.4 Å². The summed E-state index contributed by atoms with van der Waals surface area (Å²) in [7, 11) is 1.16. The second kappa shape index (κ2) is 5.29. The maximum atomic E-state index is 11.1. The minimum absolute atomic E-state index is 0.0768. The number of aliphatic hydroxyl groups is 1. The molecule has 0 heterocycles. The fourth-order valence-corrected chi connectivity index (χ4v) is 0.716. The molecular weight excluding hydrogens is 208 g/mol. The van der Waals surface area contributed by atoms with Crippen LogP contribution in [0.2, 0.25) is 0 Å². The highest BCUT2D eigenvalue weighted by molar-refractivity contribution is 6.58. The Hall–Kier alpha value is -1.49. The predicted molar refractivity (Wildman–Crippen MR) is 54.0 cm³/mol. The van der Waals surface area contributed by atoms with Gasteiger partial charge in [-0.1, -0.05) is 11.6 Å². The first-order valence-electron chi connectivity index (χ1n) is 3.57. The van der Waals surface area contributed by atoms with E-state index in [1.54, 1.807) is 0 Å². The lowest BCUT2D eigenvalue weighted by atomic mass is 10.3. The summed E-state index contributed by atoms with van der Waals surface area (Å²) in [6, 6.07) is 0. The topological polar surface area (TPSA) is 84.9 Å². The minimum Gasteiger partial charge on any atom is -0.494 e. The monoisotopic (exact) mass is 218 g/mol. The average molecular weight is 219 g/mol. The first kappa shape index (κ1) is 12.5. The van der Waals surface area contributed by atoms with Gasteiger partial charge in [0.1, 0.15) is 0 Å². The fourth-order valence-electron chi connectivity index (χ4n) is 0.597. The molecule has 0 bridgehead atoms. The van der Waals surface area contributed by atoms with Crippen LogP contribution in [0.5, 0.6) is 0 Å². The Labute approximate surface area is 86.5 Å². The molecule has 14 heavy (non-hydrogen) atoms. The summed E-state index contributed by atoms with van der Waals surface area (Å²) in [6.07, 6.45) is 0. The normalized spacial score (nSPS) is 13.2. The van der Waals surface area contributed by atoms with Crippen molar-refractivity contribution in [1.29, 1.82) is 0 Å². The van der Waals surface area contributed by atoms with E-state index in [2.05, 4.69) is 16.3 Å². The third-order valence-electron chi connectivity index (χ3n) is 1.17. The van der Waals surface area contributed by atoms with E-state index in [0.29, 0.717) is 0 Å². The van der Waals surface area contributed by atoms with E-state index in [0.717, 1.165) is 7.11 Å². The van der Waals surface area contributed by atoms with Crippen LogP contribution in [-0.2, 0) is 9.53 Å². The summed E-state index contributed by atoms with van der Waals surface area (Å²) in [5.41, 5.74) is 5.27. The average Bonchev–Trinajstić information content (AvgIpc) is 2.11. The quantitative estimate of drug-likeness (QED) is 0.421. The zero-order valence-corrected chi connectivity index (χ0v) is 8.63. The number of ether oxygens (including phenoxy) is 1. The molecule has 0 spiro atoms. The van der Waals surface area contributed by atoms with Gasteiger partial charge in [0.25, 0.3) is 0 Å². The summed E-state index contributed by atoms with van der Waals surface area (Å²) in [4.78, 5) is 14.5. The van der Waals surface area contributed by atoms with Gasteiger partial charge in [-0.05, 0) is 13.5 Å². The van der Waals surface area contributed by atoms with Crippen molar-refractivity contribution in [3.63, 3.8) is 0 Å². The molecular formula is C8H11ClN2O3. The summed E-state index contributed by atoms with van der Waals surface area (Å²) in [5, 5.41) is 8.71. The zero-order valence-electron chi connectivity index (χ0n) is 7.87. The third-order valence-corrected chi connectivity index (χ3v) is 1.65. The van der Waals surface area contributed by atoms with Gasteiger partial charge in [0, 0.05) is 5.70 Å². The number of hydrogen-bond donors (Lipinski definition) is 2. The van der Waals surface area contributed by atoms with Crippen molar-refractivity contribution in [1.82, 2.24) is 0 Å². The number of aliphatic imine (C=N–C) groups is 1. The molecule has 0 saturated carbocycles. The number of allylic oxidation sites excluding steroid dienone is 1. The number of nitrogens with two attached hydrogens (primary N) is 1. The van der Waals surface area contributed by atoms with Gasteiger partial charge in [-0.25, -0.2) is 9.79 Å². The molecule has 78 valence electrons. The van der Waals surface area contributed by atoms with E-state index < -0.39 is 11.9 Å². The van der Waals surface area contributed by atoms with E-state index in [1.807, 2.05) is 0 Å². The van der Waals surface area contributed by atoms with Gasteiger partial charge in [0.05, 0.1) is 12.1 Å². The highest BCUT2D eigenvalue weighted by atomic mass is 35.5. The molecule has 0 amide bonds. The maximum absolute atomic E-state index is 11.1. The number of esters is 1. The van der Waals surface area contributed by atoms with Crippen LogP contribution in [0.1, 0.15) is 6.92 Å². The van der Waals surface area contributed by atoms with Crippen LogP contribution >= 0.6 is 11.6 Å². The molecule has 0 radical (unpaired) electrons. The second-order valence-electron chi connectivity index (χ2n) is 2.37. The van der Waals surface area contributed by atoms with Crippen molar-refractivity contribution in [3.8, 4) is 0 Å². The number of carbonyl (C=O) groups excluding carboxylic acids is 1. The molecule has 6 heteroatoms. The van der Waals surface area contributed by atoms with E-state index in [1.165, 1.54) is 6.92 Å². The molecule has 0 aliphatic rings. The van der Waals surface area contributed by atoms with Crippen LogP contribution in [-0.4, -0.2) is 23.9 Å². The van der Waals surface area contributed by atoms with Crippen molar-refractivity contribution in [2.24, 2.45) is 10.7 Å². The Morgan fingerprint density at radius 2 is 2.14 bits per heavy atom. The molecule has 0 saturated heterocycles. The summed E-state index contributed by atoms with van der Waals surface area (Å²) < 4.78 is 4.39. The highest BCUT2D eigenvalue weighted by Crippen LogP contribution is 2.10. The van der Waals surface area contributed by atoms with E-state index >= 15 is 0 Å². The molecule has 5 nitrogen and oxygen atoms in total. The van der Waals surface area contributed by atoms with Gasteiger partial charge in [-0.2, -0.15) is 0 Å². The lowest BCUT2D eigenvalue weighted by Gasteiger charge is -2.03. The second-order valence-corrected chi connectivity index (χ2v) is 2.74. The largest absolute Gasteiger partial charge is 0.494 e. The van der Waals surface area contributed by atoms with Gasteiger partial charge >= 0.3 is 5.97 Å². The number of aliphatic hydroxyl groups excluding tert-OH is 1. The van der Waals surface area contributed by atoms with E-state index in [4.69, 9.17) is 22.4 Å². The number of rotatable bonds is 3. The Kier molecular flexibility index (Phi) is 4.72. The number of hydrogen-bond acceptors (Lipinski definition) is 5. The predicted octanol–water partition coefficient (Wildman–Crippen LogP) is 1.06. The SMILES string of the molecule is C=C(O)/N=C(C(=O)OC)\C(Cl)=C(\C)N. The van der Waals surface area contributed by atoms with Crippen LogP contribution in [0.25, 0.3) is 0 Å². The number of nitrogens with zero attached hydrogens (tertiary/aromatic N) is 1. The van der Waals surface area contributed by atoms with Crippen LogP contribution in [0, 0.1) is 0 Å². The summed E-state index contributed by atoms with van der Waals surface area (Å²) in [5.74, 6) is -1.35. The number of carbonyl (C=O) groups is 1. The Morgan fingerprint density at radius 1 is 1.64 bits per heavy atom. The van der Waals surface area contributed by atoms with Crippen LogP contribution in [0.4, 0.5) is 0 Å². The van der Waals surface area contributed by atoms with Crippen LogP contribution in [0.3, 0.4) is 0 Å². The smallest absolute Gasteiger partial charge is 0.358 e. The van der Waals surface area contributed by atoms with Gasteiger partial charge < -0.3 is 15.6 Å². The first-order valence-corrected chi connectivity index (χ1v) is 3.95. The van der Waals surface area contributed by atoms with Gasteiger partial charge in [-0.3, -0.25) is 0 Å². The van der Waals surface area contributed by atoms with Crippen molar-refractivity contribution >= 4 is 23.3 Å². The van der Waals surface area contributed by atoms with Crippen molar-refractivity contribution in [2.75, 3.05) is 7.11 Å². The Morgan fingerprint density at radius 3 is 2.43 bits per heavy atom. The Balaban J connectivity index is 5.24. The minimum atomic E-state index is -0.796. The molecule has 0 atom stereocenters. The van der Waals surface area contributed by atoms with E-state index in [9.17, 15) is 4.79 Å². The molecule has 0 unspecified atom stereocenters. The highest BCUT2D eigenvalue weighted by Gasteiger charge is 2.17. The molecule has 0 aromatic carbocycles. The maximum Gasteiger partial charge on any atom is 0.358 e. The van der Waals surface area contributed by atoms with Gasteiger partial charge in [0.2, 0.25) is 5.88 Å². The lowest BCUT2D eigenvalue weighted by molar-refractivity contribution is -0.132. The standard InChI is InChI=1S/C8H11ClN2O3/c1-4(10)6(9)7(8(13)14-3)11-5(2)12/h12H,2,10H2,1,3H3/b6-4+,11-7+. The van der Waals surface area contributed by atoms with Crippen molar-refractivity contribution in [2.45, 2.75) is 6.92 Å². The molecule has 3 N–H and O–H groups in total. The molecule has 0 aliphatic carbocycles. The third kappa shape index (κ3) is 3.49. The van der Waals surface area contributed by atoms with Gasteiger partial charge in [-0.15, -0.1) is 0 Å². The molecule has 0 aliphatic heterocycles. The summed E-state index contributed by atoms with van der Waals surface area (Å²) in [6.45, 7) is 4.58. The van der Waals surface area contributed by atoms with Crippen LogP contribution in [0.15, 0.2) is 28.2 Å². The van der Waals surface area contributed by atoms with Crippen molar-refractivity contribution in [3.05, 3.63) is 23.2 Å². The summed E-state index contributed by atoms with van der Waals surface area (Å²) >= 11 is 5.67. The molecule has 0 aromatic heterocycles.